The Morgan fingerprint density at radius 3 is 2.79 bits per heavy atom. The third-order valence-corrected chi connectivity index (χ3v) is 2.78. The van der Waals surface area contributed by atoms with Crippen molar-refractivity contribution in [2.24, 2.45) is 0 Å². The van der Waals surface area contributed by atoms with Crippen LogP contribution < -0.4 is 4.74 Å². The van der Waals surface area contributed by atoms with E-state index in [1.165, 1.54) is 19.2 Å². The number of halogens is 1. The molecule has 0 amide bonds. The topological polar surface area (TPSA) is 48.4 Å². The second-order valence-corrected chi connectivity index (χ2v) is 4.02. The van der Waals surface area contributed by atoms with Crippen molar-refractivity contribution in [2.45, 2.75) is 13.8 Å². The second kappa shape index (κ2) is 5.22. The van der Waals surface area contributed by atoms with E-state index in [1.54, 1.807) is 6.07 Å². The van der Waals surface area contributed by atoms with Gasteiger partial charge in [0.05, 0.1) is 13.7 Å². The van der Waals surface area contributed by atoms with Crippen LogP contribution in [0.4, 0.5) is 4.39 Å². The first kappa shape index (κ1) is 13.3. The van der Waals surface area contributed by atoms with Gasteiger partial charge in [-0.25, -0.2) is 14.2 Å². The minimum absolute atomic E-state index is 0.0305. The summed E-state index contributed by atoms with van der Waals surface area (Å²) in [4.78, 5) is 15.6. The van der Waals surface area contributed by atoms with E-state index >= 15 is 0 Å². The highest BCUT2D eigenvalue weighted by molar-refractivity contribution is 5.95. The van der Waals surface area contributed by atoms with Gasteiger partial charge in [0.25, 0.3) is 0 Å². The SMILES string of the molecule is CCOc1cc(C(=O)OC)nc2c(F)ccc(C)c12. The zero-order valence-electron chi connectivity index (χ0n) is 11.0. The summed E-state index contributed by atoms with van der Waals surface area (Å²) in [6, 6.07) is 4.45. The lowest BCUT2D eigenvalue weighted by atomic mass is 10.1. The van der Waals surface area contributed by atoms with Crippen LogP contribution in [0.2, 0.25) is 0 Å². The lowest BCUT2D eigenvalue weighted by Gasteiger charge is -2.11. The molecule has 0 radical (unpaired) electrons. The van der Waals surface area contributed by atoms with Crippen LogP contribution in [0.1, 0.15) is 23.0 Å². The lowest BCUT2D eigenvalue weighted by molar-refractivity contribution is 0.0594. The van der Waals surface area contributed by atoms with Crippen LogP contribution in [0.5, 0.6) is 5.75 Å². The smallest absolute Gasteiger partial charge is 0.356 e. The molecular formula is C14H14FNO3. The molecule has 0 aliphatic heterocycles. The summed E-state index contributed by atoms with van der Waals surface area (Å²) < 4.78 is 23.9. The molecule has 100 valence electrons. The fraction of sp³-hybridized carbons (Fsp3) is 0.286. The van der Waals surface area contributed by atoms with E-state index in [4.69, 9.17) is 4.74 Å². The molecule has 19 heavy (non-hydrogen) atoms. The number of aromatic nitrogens is 1. The Kier molecular flexibility index (Phi) is 3.64. The molecule has 2 rings (SSSR count). The molecule has 0 fully saturated rings. The number of methoxy groups -OCH3 is 1. The summed E-state index contributed by atoms with van der Waals surface area (Å²) in [7, 11) is 1.25. The Bertz CT molecular complexity index is 640. The number of carbonyl (C=O) groups is 1. The van der Waals surface area contributed by atoms with Gasteiger partial charge in [-0.15, -0.1) is 0 Å². The fourth-order valence-corrected chi connectivity index (χ4v) is 1.91. The van der Waals surface area contributed by atoms with E-state index in [2.05, 4.69) is 9.72 Å². The van der Waals surface area contributed by atoms with Crippen molar-refractivity contribution in [3.8, 4) is 5.75 Å². The molecule has 0 atom stereocenters. The number of fused-ring (bicyclic) bond motifs is 1. The average Bonchev–Trinajstić information content (AvgIpc) is 2.42. The lowest BCUT2D eigenvalue weighted by Crippen LogP contribution is -2.07. The number of hydrogen-bond donors (Lipinski definition) is 0. The molecule has 0 aliphatic carbocycles. The number of esters is 1. The Labute approximate surface area is 110 Å². The standard InChI is InChI=1S/C14H14FNO3/c1-4-19-11-7-10(14(17)18-3)16-13-9(15)6-5-8(2)12(11)13/h5-7H,4H2,1-3H3. The van der Waals surface area contributed by atoms with E-state index in [0.717, 1.165) is 5.56 Å². The molecule has 4 nitrogen and oxygen atoms in total. The first-order valence-corrected chi connectivity index (χ1v) is 5.89. The minimum atomic E-state index is -0.622. The maximum Gasteiger partial charge on any atom is 0.356 e. The molecule has 2 aromatic rings. The minimum Gasteiger partial charge on any atom is -0.493 e. The molecule has 0 bridgehead atoms. The third kappa shape index (κ3) is 2.36. The van der Waals surface area contributed by atoms with Crippen molar-refractivity contribution in [1.29, 1.82) is 0 Å². The summed E-state index contributed by atoms with van der Waals surface area (Å²) >= 11 is 0. The van der Waals surface area contributed by atoms with Crippen LogP contribution in [0.3, 0.4) is 0 Å². The van der Waals surface area contributed by atoms with Gasteiger partial charge in [0.15, 0.2) is 5.69 Å². The van der Waals surface area contributed by atoms with Crippen LogP contribution in [0.25, 0.3) is 10.9 Å². The molecular weight excluding hydrogens is 249 g/mol. The monoisotopic (exact) mass is 263 g/mol. The van der Waals surface area contributed by atoms with Gasteiger partial charge in [-0.2, -0.15) is 0 Å². The predicted octanol–water partition coefficient (Wildman–Crippen LogP) is 2.87. The molecule has 1 aromatic carbocycles. The van der Waals surface area contributed by atoms with Crippen LogP contribution in [-0.4, -0.2) is 24.7 Å². The van der Waals surface area contributed by atoms with E-state index < -0.39 is 11.8 Å². The number of benzene rings is 1. The van der Waals surface area contributed by atoms with E-state index in [9.17, 15) is 9.18 Å². The summed E-state index contributed by atoms with van der Waals surface area (Å²) in [6.07, 6.45) is 0. The summed E-state index contributed by atoms with van der Waals surface area (Å²) in [5.74, 6) is -0.680. The Hall–Kier alpha value is -2.17. The van der Waals surface area contributed by atoms with E-state index in [1.807, 2.05) is 13.8 Å². The average molecular weight is 263 g/mol. The molecule has 0 N–H and O–H groups in total. The van der Waals surface area contributed by atoms with Gasteiger partial charge < -0.3 is 9.47 Å². The van der Waals surface area contributed by atoms with E-state index in [0.29, 0.717) is 17.7 Å². The number of pyridine rings is 1. The van der Waals surface area contributed by atoms with Crippen LogP contribution in [-0.2, 0) is 4.74 Å². The summed E-state index contributed by atoms with van der Waals surface area (Å²) in [5, 5.41) is 0.578. The molecule has 0 spiro atoms. The number of aryl methyl sites for hydroxylation is 1. The fourth-order valence-electron chi connectivity index (χ4n) is 1.91. The number of carbonyl (C=O) groups excluding carboxylic acids is 1. The highest BCUT2D eigenvalue weighted by atomic mass is 19.1. The largest absolute Gasteiger partial charge is 0.493 e. The van der Waals surface area contributed by atoms with Gasteiger partial charge in [0.2, 0.25) is 0 Å². The van der Waals surface area contributed by atoms with Crippen molar-refractivity contribution in [2.75, 3.05) is 13.7 Å². The predicted molar refractivity (Wildman–Crippen MR) is 68.9 cm³/mol. The molecule has 0 unspecified atom stereocenters. The van der Waals surface area contributed by atoms with Gasteiger partial charge in [-0.1, -0.05) is 6.07 Å². The molecule has 1 heterocycles. The van der Waals surface area contributed by atoms with Crippen LogP contribution in [0, 0.1) is 12.7 Å². The third-order valence-electron chi connectivity index (χ3n) is 2.78. The highest BCUT2D eigenvalue weighted by Crippen LogP contribution is 2.30. The normalized spacial score (nSPS) is 10.5. The van der Waals surface area contributed by atoms with Crippen molar-refractivity contribution >= 4 is 16.9 Å². The number of ether oxygens (including phenoxy) is 2. The van der Waals surface area contributed by atoms with Gasteiger partial charge in [-0.3, -0.25) is 0 Å². The van der Waals surface area contributed by atoms with E-state index in [-0.39, 0.29) is 11.2 Å². The molecule has 1 aromatic heterocycles. The zero-order valence-corrected chi connectivity index (χ0v) is 11.0. The van der Waals surface area contributed by atoms with Gasteiger partial charge in [-0.05, 0) is 25.5 Å². The maximum absolute atomic E-state index is 13.9. The van der Waals surface area contributed by atoms with Crippen LogP contribution in [0.15, 0.2) is 18.2 Å². The Morgan fingerprint density at radius 2 is 2.16 bits per heavy atom. The second-order valence-electron chi connectivity index (χ2n) is 4.02. The van der Waals surface area contributed by atoms with Gasteiger partial charge in [0.1, 0.15) is 17.1 Å². The number of nitrogens with zero attached hydrogens (tertiary/aromatic N) is 1. The summed E-state index contributed by atoms with van der Waals surface area (Å²) in [6.45, 7) is 4.07. The number of rotatable bonds is 3. The van der Waals surface area contributed by atoms with Gasteiger partial charge in [0, 0.05) is 11.5 Å². The van der Waals surface area contributed by atoms with Crippen LogP contribution >= 0.6 is 0 Å². The zero-order chi connectivity index (χ0) is 14.0. The number of hydrogen-bond acceptors (Lipinski definition) is 4. The first-order valence-electron chi connectivity index (χ1n) is 5.89. The van der Waals surface area contributed by atoms with Crippen molar-refractivity contribution in [1.82, 2.24) is 4.98 Å². The van der Waals surface area contributed by atoms with Crippen molar-refractivity contribution < 1.29 is 18.7 Å². The van der Waals surface area contributed by atoms with Gasteiger partial charge >= 0.3 is 5.97 Å². The molecule has 0 saturated carbocycles. The first-order chi connectivity index (χ1) is 9.08. The highest BCUT2D eigenvalue weighted by Gasteiger charge is 2.16. The van der Waals surface area contributed by atoms with Crippen molar-refractivity contribution in [3.63, 3.8) is 0 Å². The molecule has 0 aliphatic rings. The quantitative estimate of drug-likeness (QED) is 0.799. The molecule has 5 heteroatoms. The van der Waals surface area contributed by atoms with Crippen molar-refractivity contribution in [3.05, 3.63) is 35.3 Å². The maximum atomic E-state index is 13.9. The Morgan fingerprint density at radius 1 is 1.42 bits per heavy atom. The summed E-state index contributed by atoms with van der Waals surface area (Å²) in [5.41, 5.74) is 0.984. The Balaban J connectivity index is 2.79. The molecule has 0 saturated heterocycles.